The fourth-order valence-electron chi connectivity index (χ4n) is 3.77. The summed E-state index contributed by atoms with van der Waals surface area (Å²) in [5.41, 5.74) is 1.06. The van der Waals surface area contributed by atoms with Gasteiger partial charge in [0.05, 0.1) is 20.8 Å². The summed E-state index contributed by atoms with van der Waals surface area (Å²) >= 11 is 0. The number of hydrogen-bond donors (Lipinski definition) is 0. The first kappa shape index (κ1) is 19.4. The van der Waals surface area contributed by atoms with E-state index in [0.29, 0.717) is 29.7 Å². The maximum absolute atomic E-state index is 5.59. The van der Waals surface area contributed by atoms with Crippen molar-refractivity contribution in [3.8, 4) is 11.5 Å². The normalized spacial score (nSPS) is 15.6. The molecule has 1 aliphatic rings. The Morgan fingerprint density at radius 3 is 2.62 bits per heavy atom. The average Bonchev–Trinajstić information content (AvgIpc) is 3.38. The highest BCUT2D eigenvalue weighted by Gasteiger charge is 2.25. The van der Waals surface area contributed by atoms with E-state index in [9.17, 15) is 0 Å². The Hall–Kier alpha value is -2.87. The molecule has 0 amide bonds. The minimum absolute atomic E-state index is 0.319. The molecule has 154 valence electrons. The Morgan fingerprint density at radius 1 is 1.14 bits per heavy atom. The van der Waals surface area contributed by atoms with Crippen LogP contribution in [-0.4, -0.2) is 51.9 Å². The van der Waals surface area contributed by atoms with Crippen LogP contribution in [0, 0.1) is 0 Å². The van der Waals surface area contributed by atoms with Gasteiger partial charge in [-0.2, -0.15) is 4.98 Å². The first-order valence-corrected chi connectivity index (χ1v) is 9.88. The third-order valence-corrected chi connectivity index (χ3v) is 5.52. The van der Waals surface area contributed by atoms with Crippen LogP contribution in [0.5, 0.6) is 11.5 Å². The SMILES string of the molecule is COc1ccc(Cc2noc(C3CCN(Cc4nccn4C)CC3)n2)cc1OC. The van der Waals surface area contributed by atoms with E-state index in [2.05, 4.69) is 24.6 Å². The van der Waals surface area contributed by atoms with Gasteiger partial charge in [0.1, 0.15) is 5.82 Å². The molecule has 8 nitrogen and oxygen atoms in total. The second-order valence-electron chi connectivity index (χ2n) is 7.42. The molecule has 0 N–H and O–H groups in total. The lowest BCUT2D eigenvalue weighted by Crippen LogP contribution is -2.33. The zero-order valence-electron chi connectivity index (χ0n) is 17.2. The van der Waals surface area contributed by atoms with Crippen molar-refractivity contribution in [1.82, 2.24) is 24.6 Å². The Bertz CT molecular complexity index is 943. The van der Waals surface area contributed by atoms with Crippen LogP contribution >= 0.6 is 0 Å². The Kier molecular flexibility index (Phi) is 5.80. The number of piperidine rings is 1. The van der Waals surface area contributed by atoms with Crippen LogP contribution in [0.3, 0.4) is 0 Å². The van der Waals surface area contributed by atoms with E-state index in [1.165, 1.54) is 0 Å². The minimum Gasteiger partial charge on any atom is -0.493 e. The summed E-state index contributed by atoms with van der Waals surface area (Å²) in [7, 11) is 5.30. The maximum Gasteiger partial charge on any atom is 0.229 e. The summed E-state index contributed by atoms with van der Waals surface area (Å²) < 4.78 is 18.3. The van der Waals surface area contributed by atoms with Crippen LogP contribution in [-0.2, 0) is 20.0 Å². The third kappa shape index (κ3) is 4.42. The number of methoxy groups -OCH3 is 2. The van der Waals surface area contributed by atoms with E-state index >= 15 is 0 Å². The van der Waals surface area contributed by atoms with Crippen LogP contribution in [0.2, 0.25) is 0 Å². The lowest BCUT2D eigenvalue weighted by Gasteiger charge is -2.29. The molecule has 3 aromatic rings. The molecule has 0 unspecified atom stereocenters. The van der Waals surface area contributed by atoms with Gasteiger partial charge in [-0.05, 0) is 43.6 Å². The Labute approximate surface area is 170 Å². The number of benzene rings is 1. The van der Waals surface area contributed by atoms with E-state index in [-0.39, 0.29) is 0 Å². The van der Waals surface area contributed by atoms with E-state index < -0.39 is 0 Å². The van der Waals surface area contributed by atoms with Gasteiger partial charge in [0.15, 0.2) is 17.3 Å². The van der Waals surface area contributed by atoms with Crippen LogP contribution in [0.1, 0.15) is 41.9 Å². The van der Waals surface area contributed by atoms with E-state index in [1.54, 1.807) is 14.2 Å². The van der Waals surface area contributed by atoms with Crippen LogP contribution < -0.4 is 9.47 Å². The molecule has 1 aromatic carbocycles. The highest BCUT2D eigenvalue weighted by molar-refractivity contribution is 5.43. The van der Waals surface area contributed by atoms with Gasteiger partial charge in [-0.1, -0.05) is 11.2 Å². The molecule has 8 heteroatoms. The monoisotopic (exact) mass is 397 g/mol. The molecule has 0 radical (unpaired) electrons. The predicted octanol–water partition coefficient (Wildman–Crippen LogP) is 2.79. The molecule has 4 rings (SSSR count). The van der Waals surface area contributed by atoms with E-state index in [0.717, 1.165) is 49.8 Å². The first-order chi connectivity index (χ1) is 14.2. The predicted molar refractivity (Wildman–Crippen MR) is 107 cm³/mol. The fourth-order valence-corrected chi connectivity index (χ4v) is 3.77. The highest BCUT2D eigenvalue weighted by atomic mass is 16.5. The standard InChI is InChI=1S/C21H27N5O3/c1-25-11-8-22-20(25)14-26-9-6-16(7-10-26)21-23-19(24-29-21)13-15-4-5-17(27-2)18(12-15)28-3/h4-5,8,11-12,16H,6-7,9-10,13-14H2,1-3H3. The second-order valence-corrected chi connectivity index (χ2v) is 7.42. The number of ether oxygens (including phenoxy) is 2. The van der Waals surface area contributed by atoms with Gasteiger partial charge in [0.25, 0.3) is 0 Å². The fraction of sp³-hybridized carbons (Fsp3) is 0.476. The summed E-state index contributed by atoms with van der Waals surface area (Å²) in [4.78, 5) is 11.5. The van der Waals surface area contributed by atoms with Crippen molar-refractivity contribution in [3.63, 3.8) is 0 Å². The molecule has 0 saturated carbocycles. The molecule has 0 aliphatic carbocycles. The number of nitrogens with zero attached hydrogens (tertiary/aromatic N) is 5. The van der Waals surface area contributed by atoms with Gasteiger partial charge in [0.2, 0.25) is 5.89 Å². The molecular formula is C21H27N5O3. The van der Waals surface area contributed by atoms with Crippen molar-refractivity contribution in [3.05, 3.63) is 53.7 Å². The smallest absolute Gasteiger partial charge is 0.229 e. The van der Waals surface area contributed by atoms with Crippen molar-refractivity contribution >= 4 is 0 Å². The van der Waals surface area contributed by atoms with Crippen molar-refractivity contribution in [2.24, 2.45) is 7.05 Å². The summed E-state index contributed by atoms with van der Waals surface area (Å²) in [6, 6.07) is 5.84. The number of imidazole rings is 1. The van der Waals surface area contributed by atoms with Gasteiger partial charge in [-0.25, -0.2) is 4.98 Å². The quantitative estimate of drug-likeness (QED) is 0.606. The van der Waals surface area contributed by atoms with Gasteiger partial charge in [0, 0.05) is 31.8 Å². The largest absolute Gasteiger partial charge is 0.493 e. The molecule has 0 bridgehead atoms. The van der Waals surface area contributed by atoms with Crippen LogP contribution in [0.25, 0.3) is 0 Å². The van der Waals surface area contributed by atoms with Gasteiger partial charge in [-0.3, -0.25) is 4.90 Å². The number of rotatable bonds is 7. The van der Waals surface area contributed by atoms with Crippen molar-refractivity contribution < 1.29 is 14.0 Å². The van der Waals surface area contributed by atoms with Crippen molar-refractivity contribution in [1.29, 1.82) is 0 Å². The average molecular weight is 397 g/mol. The van der Waals surface area contributed by atoms with Crippen LogP contribution in [0.15, 0.2) is 35.1 Å². The number of aryl methyl sites for hydroxylation is 1. The lowest BCUT2D eigenvalue weighted by molar-refractivity contribution is 0.182. The van der Waals surface area contributed by atoms with Gasteiger partial charge in [-0.15, -0.1) is 0 Å². The maximum atomic E-state index is 5.59. The molecule has 3 heterocycles. The Balaban J connectivity index is 1.34. The second kappa shape index (κ2) is 8.65. The zero-order valence-corrected chi connectivity index (χ0v) is 17.2. The summed E-state index contributed by atoms with van der Waals surface area (Å²) in [6.45, 7) is 2.89. The molecule has 1 fully saturated rings. The third-order valence-electron chi connectivity index (χ3n) is 5.52. The molecule has 2 aromatic heterocycles. The summed E-state index contributed by atoms with van der Waals surface area (Å²) in [5, 5.41) is 4.19. The van der Waals surface area contributed by atoms with Gasteiger partial charge < -0.3 is 18.6 Å². The van der Waals surface area contributed by atoms with E-state index in [1.807, 2.05) is 37.6 Å². The first-order valence-electron chi connectivity index (χ1n) is 9.88. The lowest BCUT2D eigenvalue weighted by atomic mass is 9.97. The van der Waals surface area contributed by atoms with Crippen LogP contribution in [0.4, 0.5) is 0 Å². The number of aromatic nitrogens is 4. The summed E-state index contributed by atoms with van der Waals surface area (Å²) in [5.74, 6) is 4.27. The molecule has 1 aliphatic heterocycles. The molecule has 0 spiro atoms. The topological polar surface area (TPSA) is 78.4 Å². The summed E-state index contributed by atoms with van der Waals surface area (Å²) in [6.07, 6.45) is 6.47. The molecule has 29 heavy (non-hydrogen) atoms. The van der Waals surface area contributed by atoms with Crippen molar-refractivity contribution in [2.45, 2.75) is 31.7 Å². The van der Waals surface area contributed by atoms with E-state index in [4.69, 9.17) is 14.0 Å². The number of hydrogen-bond acceptors (Lipinski definition) is 7. The molecular weight excluding hydrogens is 370 g/mol. The Morgan fingerprint density at radius 2 is 1.93 bits per heavy atom. The van der Waals surface area contributed by atoms with Gasteiger partial charge >= 0.3 is 0 Å². The number of likely N-dealkylation sites (tertiary alicyclic amines) is 1. The molecule has 1 saturated heterocycles. The zero-order chi connectivity index (χ0) is 20.2. The highest BCUT2D eigenvalue weighted by Crippen LogP contribution is 2.30. The van der Waals surface area contributed by atoms with Crippen molar-refractivity contribution in [2.75, 3.05) is 27.3 Å². The minimum atomic E-state index is 0.319. The molecule has 0 atom stereocenters.